The number of anilines is 1. The molecule has 3 rings (SSSR count). The molecule has 2 aromatic carbocycles. The molecule has 7 heteroatoms. The number of hydrogen-bond donors (Lipinski definition) is 1. The van der Waals surface area contributed by atoms with Crippen molar-refractivity contribution in [1.82, 2.24) is 0 Å². The lowest BCUT2D eigenvalue weighted by atomic mass is 10.0. The lowest BCUT2D eigenvalue weighted by molar-refractivity contribution is -0.383. The van der Waals surface area contributed by atoms with Crippen LogP contribution in [0.25, 0.3) is 6.08 Å². The Morgan fingerprint density at radius 1 is 1.29 bits per heavy atom. The van der Waals surface area contributed by atoms with E-state index in [1.54, 1.807) is 49.2 Å². The summed E-state index contributed by atoms with van der Waals surface area (Å²) in [4.78, 5) is 24.2. The highest BCUT2D eigenvalue weighted by Crippen LogP contribution is 2.35. The average Bonchev–Trinajstić information content (AvgIpc) is 2.57. The van der Waals surface area contributed by atoms with Crippen LogP contribution in [-0.2, 0) is 0 Å². The van der Waals surface area contributed by atoms with E-state index in [0.29, 0.717) is 33.2 Å². The molecule has 5 nitrogen and oxygen atoms in total. The van der Waals surface area contributed by atoms with Gasteiger partial charge >= 0.3 is 0 Å². The predicted molar refractivity (Wildman–Crippen MR) is 97.1 cm³/mol. The van der Waals surface area contributed by atoms with Crippen LogP contribution >= 0.6 is 23.4 Å². The van der Waals surface area contributed by atoms with Crippen LogP contribution in [0.5, 0.6) is 0 Å². The van der Waals surface area contributed by atoms with Gasteiger partial charge in [-0.25, -0.2) is 0 Å². The number of fused-ring (bicyclic) bond motifs is 1. The molecule has 1 N–H and O–H groups in total. The van der Waals surface area contributed by atoms with Gasteiger partial charge in [-0.15, -0.1) is 11.8 Å². The van der Waals surface area contributed by atoms with E-state index in [0.717, 1.165) is 4.90 Å². The first-order valence-corrected chi connectivity index (χ1v) is 8.50. The van der Waals surface area contributed by atoms with Gasteiger partial charge in [-0.1, -0.05) is 17.7 Å². The molecule has 0 unspecified atom stereocenters. The first-order valence-electron chi connectivity index (χ1n) is 7.13. The van der Waals surface area contributed by atoms with E-state index < -0.39 is 4.92 Å². The number of nitro benzene ring substituents is 1. The summed E-state index contributed by atoms with van der Waals surface area (Å²) in [7, 11) is 1.63. The smallest absolute Gasteiger partial charge is 0.292 e. The number of carbonyl (C=O) groups is 1. The summed E-state index contributed by atoms with van der Waals surface area (Å²) in [6.45, 7) is 0. The van der Waals surface area contributed by atoms with Gasteiger partial charge in [-0.2, -0.15) is 0 Å². The first-order chi connectivity index (χ1) is 11.5. The molecule has 1 aliphatic heterocycles. The molecule has 1 heterocycles. The molecule has 0 radical (unpaired) electrons. The Morgan fingerprint density at radius 3 is 2.79 bits per heavy atom. The molecule has 0 bridgehead atoms. The van der Waals surface area contributed by atoms with Gasteiger partial charge in [-0.3, -0.25) is 14.9 Å². The first kappa shape index (κ1) is 16.5. The molecular weight excluding hydrogens is 348 g/mol. The maximum absolute atomic E-state index is 12.6. The molecule has 2 aromatic rings. The molecule has 0 aromatic heterocycles. The summed E-state index contributed by atoms with van der Waals surface area (Å²) in [6, 6.07) is 10.1. The number of Topliss-reactive ketones (excluding diaryl/α,β-unsaturated/α-hetero) is 1. The SMILES string of the molecule is CNc1ccc(/C=C2\CSc3ccc(Cl)cc3C2=O)cc1[N+](=O)[O-]. The summed E-state index contributed by atoms with van der Waals surface area (Å²) in [6.07, 6.45) is 1.70. The minimum atomic E-state index is -0.444. The lowest BCUT2D eigenvalue weighted by Crippen LogP contribution is -2.12. The van der Waals surface area contributed by atoms with Crippen molar-refractivity contribution in [2.75, 3.05) is 18.1 Å². The fourth-order valence-corrected chi connectivity index (χ4v) is 3.68. The fourth-order valence-electron chi connectivity index (χ4n) is 2.51. The number of rotatable bonds is 3. The number of hydrogen-bond acceptors (Lipinski definition) is 5. The fraction of sp³-hybridized carbons (Fsp3) is 0.118. The minimum absolute atomic E-state index is 0.0220. The van der Waals surface area contributed by atoms with Crippen LogP contribution in [0.2, 0.25) is 5.02 Å². The maximum atomic E-state index is 12.6. The summed E-state index contributed by atoms with van der Waals surface area (Å²) in [5.74, 6) is 0.432. The second kappa shape index (κ2) is 6.67. The van der Waals surface area contributed by atoms with Crippen LogP contribution in [0.1, 0.15) is 15.9 Å². The number of thioether (sulfide) groups is 1. The van der Waals surface area contributed by atoms with Gasteiger partial charge in [0.05, 0.1) is 4.92 Å². The van der Waals surface area contributed by atoms with Crippen molar-refractivity contribution in [2.24, 2.45) is 0 Å². The third-order valence-electron chi connectivity index (χ3n) is 3.69. The lowest BCUT2D eigenvalue weighted by Gasteiger charge is -2.17. The van der Waals surface area contributed by atoms with E-state index in [4.69, 9.17) is 11.6 Å². The molecule has 1 aliphatic rings. The minimum Gasteiger partial charge on any atom is -0.383 e. The van der Waals surface area contributed by atoms with Crippen LogP contribution in [0.4, 0.5) is 11.4 Å². The molecule has 0 atom stereocenters. The molecule has 24 heavy (non-hydrogen) atoms. The van der Waals surface area contributed by atoms with Crippen molar-refractivity contribution in [3.05, 3.63) is 68.2 Å². The molecule has 0 aliphatic carbocycles. The molecule has 122 valence electrons. The van der Waals surface area contributed by atoms with E-state index in [1.165, 1.54) is 6.07 Å². The maximum Gasteiger partial charge on any atom is 0.292 e. The Balaban J connectivity index is 1.99. The molecule has 0 fully saturated rings. The highest BCUT2D eigenvalue weighted by molar-refractivity contribution is 7.99. The number of nitro groups is 1. The van der Waals surface area contributed by atoms with Crippen molar-refractivity contribution >= 4 is 46.6 Å². The zero-order valence-corrected chi connectivity index (χ0v) is 14.3. The van der Waals surface area contributed by atoms with Crippen molar-refractivity contribution in [3.8, 4) is 0 Å². The summed E-state index contributed by atoms with van der Waals surface area (Å²) >= 11 is 7.53. The van der Waals surface area contributed by atoms with E-state index in [9.17, 15) is 14.9 Å². The molecule has 0 saturated carbocycles. The van der Waals surface area contributed by atoms with Crippen LogP contribution < -0.4 is 5.32 Å². The van der Waals surface area contributed by atoms with Crippen molar-refractivity contribution in [1.29, 1.82) is 0 Å². The number of benzene rings is 2. The average molecular weight is 361 g/mol. The Morgan fingerprint density at radius 2 is 2.08 bits per heavy atom. The third-order valence-corrected chi connectivity index (χ3v) is 5.05. The van der Waals surface area contributed by atoms with Gasteiger partial charge < -0.3 is 5.32 Å². The van der Waals surface area contributed by atoms with Crippen LogP contribution in [-0.4, -0.2) is 23.5 Å². The van der Waals surface area contributed by atoms with Gasteiger partial charge in [0.2, 0.25) is 0 Å². The molecule has 0 amide bonds. The summed E-state index contributed by atoms with van der Waals surface area (Å²) < 4.78 is 0. The Kier molecular flexibility index (Phi) is 4.59. The van der Waals surface area contributed by atoms with Crippen LogP contribution in [0, 0.1) is 10.1 Å². The highest BCUT2D eigenvalue weighted by atomic mass is 35.5. The van der Waals surface area contributed by atoms with Crippen molar-refractivity contribution < 1.29 is 9.72 Å². The van der Waals surface area contributed by atoms with E-state index in [-0.39, 0.29) is 11.5 Å². The van der Waals surface area contributed by atoms with Gasteiger partial charge in [0.1, 0.15) is 5.69 Å². The zero-order valence-electron chi connectivity index (χ0n) is 12.7. The molecular formula is C17H13ClN2O3S. The summed E-state index contributed by atoms with van der Waals surface area (Å²) in [5.41, 5.74) is 2.21. The Bertz CT molecular complexity index is 880. The van der Waals surface area contributed by atoms with E-state index in [1.807, 2.05) is 6.07 Å². The van der Waals surface area contributed by atoms with Crippen molar-refractivity contribution in [2.45, 2.75) is 4.90 Å². The second-order valence-electron chi connectivity index (χ2n) is 5.21. The normalized spacial score (nSPS) is 15.2. The third kappa shape index (κ3) is 3.16. The number of halogens is 1. The Hall–Kier alpha value is -2.31. The highest BCUT2D eigenvalue weighted by Gasteiger charge is 2.23. The van der Waals surface area contributed by atoms with Crippen LogP contribution in [0.3, 0.4) is 0 Å². The zero-order chi connectivity index (χ0) is 17.3. The number of ketones is 1. The van der Waals surface area contributed by atoms with Gasteiger partial charge in [0, 0.05) is 39.9 Å². The van der Waals surface area contributed by atoms with Gasteiger partial charge in [0.15, 0.2) is 5.78 Å². The van der Waals surface area contributed by atoms with Gasteiger partial charge in [-0.05, 0) is 35.9 Å². The second-order valence-corrected chi connectivity index (χ2v) is 6.67. The van der Waals surface area contributed by atoms with Gasteiger partial charge in [0.25, 0.3) is 5.69 Å². The summed E-state index contributed by atoms with van der Waals surface area (Å²) in [5, 5.41) is 14.4. The van der Waals surface area contributed by atoms with E-state index in [2.05, 4.69) is 5.32 Å². The molecule has 0 spiro atoms. The quantitative estimate of drug-likeness (QED) is 0.489. The van der Waals surface area contributed by atoms with E-state index >= 15 is 0 Å². The number of carbonyl (C=O) groups excluding carboxylic acids is 1. The topological polar surface area (TPSA) is 72.2 Å². The largest absolute Gasteiger partial charge is 0.383 e. The predicted octanol–water partition coefficient (Wildman–Crippen LogP) is 4.66. The standard InChI is InChI=1S/C17H13ClN2O3S/c1-19-14-4-2-10(7-15(14)20(22)23)6-11-9-24-16-5-3-12(18)8-13(16)17(11)21/h2-8,19H,9H2,1H3/b11-6+. The number of nitrogens with zero attached hydrogens (tertiary/aromatic N) is 1. The Labute approximate surface area is 147 Å². The molecule has 0 saturated heterocycles. The monoisotopic (exact) mass is 360 g/mol. The van der Waals surface area contributed by atoms with Crippen LogP contribution in [0.15, 0.2) is 46.9 Å². The number of nitrogens with one attached hydrogen (secondary N) is 1. The van der Waals surface area contributed by atoms with Crippen molar-refractivity contribution in [3.63, 3.8) is 0 Å².